The molecule has 1 fully saturated rings. The number of halogens is 1. The maximum absolute atomic E-state index is 5.94. The summed E-state index contributed by atoms with van der Waals surface area (Å²) in [7, 11) is 2.12. The second-order valence-electron chi connectivity index (χ2n) is 5.64. The first-order valence-corrected chi connectivity index (χ1v) is 7.72. The van der Waals surface area contributed by atoms with Crippen LogP contribution in [0.4, 0.5) is 5.69 Å². The molecule has 0 bridgehead atoms. The second-order valence-corrected chi connectivity index (χ2v) is 6.08. The first kappa shape index (κ1) is 14.4. The highest BCUT2D eigenvalue weighted by Crippen LogP contribution is 2.23. The summed E-state index contributed by atoms with van der Waals surface area (Å²) in [5.74, 6) is 0. The van der Waals surface area contributed by atoms with Crippen LogP contribution in [0.5, 0.6) is 0 Å². The number of hydrogen-bond acceptors (Lipinski definition) is 3. The molecule has 0 unspecified atom stereocenters. The second kappa shape index (κ2) is 6.46. The molecule has 1 aliphatic rings. The summed E-state index contributed by atoms with van der Waals surface area (Å²) in [6.07, 6.45) is 6.42. The van der Waals surface area contributed by atoms with Crippen molar-refractivity contribution in [3.8, 4) is 0 Å². The first-order valence-electron chi connectivity index (χ1n) is 7.34. The normalized spacial score (nSPS) is 14.2. The van der Waals surface area contributed by atoms with E-state index in [4.69, 9.17) is 11.6 Å². The van der Waals surface area contributed by atoms with Crippen molar-refractivity contribution < 1.29 is 0 Å². The molecule has 4 heteroatoms. The number of rotatable bonds is 6. The zero-order chi connectivity index (χ0) is 14.7. The number of hydrogen-bond donors (Lipinski definition) is 1. The van der Waals surface area contributed by atoms with E-state index in [1.54, 1.807) is 0 Å². The Balaban J connectivity index is 1.70. The Kier molecular flexibility index (Phi) is 4.42. The maximum Gasteiger partial charge on any atom is 0.0443 e. The molecule has 2 aromatic rings. The van der Waals surface area contributed by atoms with E-state index in [9.17, 15) is 0 Å². The minimum Gasteiger partial charge on any atom is -0.370 e. The van der Waals surface area contributed by atoms with Crippen LogP contribution in [-0.4, -0.2) is 18.1 Å². The number of nitrogens with zero attached hydrogens (tertiary/aromatic N) is 2. The fourth-order valence-corrected chi connectivity index (χ4v) is 2.54. The van der Waals surface area contributed by atoms with Gasteiger partial charge in [0.05, 0.1) is 0 Å². The summed E-state index contributed by atoms with van der Waals surface area (Å²) in [5.41, 5.74) is 3.73. The molecule has 110 valence electrons. The van der Waals surface area contributed by atoms with E-state index in [2.05, 4.69) is 40.4 Å². The molecular formula is C17H20ClN3. The quantitative estimate of drug-likeness (QED) is 0.883. The zero-order valence-electron chi connectivity index (χ0n) is 12.2. The zero-order valence-corrected chi connectivity index (χ0v) is 13.0. The maximum atomic E-state index is 5.94. The third kappa shape index (κ3) is 3.96. The van der Waals surface area contributed by atoms with Crippen molar-refractivity contribution in [2.45, 2.75) is 32.0 Å². The number of nitrogens with one attached hydrogen (secondary N) is 1. The van der Waals surface area contributed by atoms with Gasteiger partial charge in [0.25, 0.3) is 0 Å². The van der Waals surface area contributed by atoms with Gasteiger partial charge < -0.3 is 10.2 Å². The highest BCUT2D eigenvalue weighted by Gasteiger charge is 2.20. The number of aromatic nitrogens is 1. The summed E-state index contributed by atoms with van der Waals surface area (Å²) >= 11 is 5.94. The minimum absolute atomic E-state index is 0.708. The molecule has 0 saturated heterocycles. The lowest BCUT2D eigenvalue weighted by atomic mass is 10.1. The van der Waals surface area contributed by atoms with Gasteiger partial charge in [0.2, 0.25) is 0 Å². The van der Waals surface area contributed by atoms with Crippen molar-refractivity contribution in [2.75, 3.05) is 11.9 Å². The molecule has 0 spiro atoms. The van der Waals surface area contributed by atoms with E-state index in [0.29, 0.717) is 6.04 Å². The molecule has 0 atom stereocenters. The van der Waals surface area contributed by atoms with Gasteiger partial charge in [-0.05, 0) is 36.6 Å². The molecular weight excluding hydrogens is 282 g/mol. The van der Waals surface area contributed by atoms with Crippen LogP contribution in [0.15, 0.2) is 42.7 Å². The molecule has 3 rings (SSSR count). The Bertz CT molecular complexity index is 593. The molecule has 1 aromatic heterocycles. The van der Waals surface area contributed by atoms with Crippen molar-refractivity contribution in [2.24, 2.45) is 0 Å². The van der Waals surface area contributed by atoms with Gasteiger partial charge in [-0.1, -0.05) is 23.7 Å². The lowest BCUT2D eigenvalue weighted by Gasteiger charge is -2.22. The molecule has 3 nitrogen and oxygen atoms in total. The smallest absolute Gasteiger partial charge is 0.0443 e. The van der Waals surface area contributed by atoms with E-state index >= 15 is 0 Å². The van der Waals surface area contributed by atoms with Crippen LogP contribution in [-0.2, 0) is 13.1 Å². The summed E-state index contributed by atoms with van der Waals surface area (Å²) in [6, 6.07) is 10.8. The van der Waals surface area contributed by atoms with E-state index in [1.165, 1.54) is 29.7 Å². The van der Waals surface area contributed by atoms with Gasteiger partial charge in [0.15, 0.2) is 0 Å². The van der Waals surface area contributed by atoms with Crippen LogP contribution in [0.25, 0.3) is 0 Å². The lowest BCUT2D eigenvalue weighted by molar-refractivity contribution is 0.683. The molecule has 1 aliphatic carbocycles. The fraction of sp³-hybridized carbons (Fsp3) is 0.353. The monoisotopic (exact) mass is 301 g/mol. The average molecular weight is 302 g/mol. The average Bonchev–Trinajstić information content (AvgIpc) is 3.32. The van der Waals surface area contributed by atoms with Crippen LogP contribution in [0.2, 0.25) is 5.02 Å². The van der Waals surface area contributed by atoms with E-state index in [-0.39, 0.29) is 0 Å². The fourth-order valence-electron chi connectivity index (χ4n) is 2.42. The topological polar surface area (TPSA) is 28.2 Å². The Morgan fingerprint density at radius 2 is 2.00 bits per heavy atom. The molecule has 21 heavy (non-hydrogen) atoms. The van der Waals surface area contributed by atoms with Crippen LogP contribution >= 0.6 is 11.6 Å². The summed E-state index contributed by atoms with van der Waals surface area (Å²) in [4.78, 5) is 6.52. The summed E-state index contributed by atoms with van der Waals surface area (Å²) < 4.78 is 0. The van der Waals surface area contributed by atoms with Crippen molar-refractivity contribution in [1.29, 1.82) is 0 Å². The van der Waals surface area contributed by atoms with Gasteiger partial charge in [0.1, 0.15) is 0 Å². The predicted molar refractivity (Wildman–Crippen MR) is 87.7 cm³/mol. The highest BCUT2D eigenvalue weighted by molar-refractivity contribution is 6.30. The number of benzene rings is 1. The van der Waals surface area contributed by atoms with Crippen LogP contribution < -0.4 is 10.2 Å². The van der Waals surface area contributed by atoms with Crippen molar-refractivity contribution in [3.05, 3.63) is 58.9 Å². The molecule has 1 aromatic carbocycles. The number of pyridine rings is 1. The van der Waals surface area contributed by atoms with E-state index < -0.39 is 0 Å². The minimum atomic E-state index is 0.708. The van der Waals surface area contributed by atoms with Gasteiger partial charge in [-0.15, -0.1) is 0 Å². The Hall–Kier alpha value is -1.58. The standard InChI is InChI=1S/C17H20ClN3/c1-21(12-13-2-4-15(18)5-3-13)17-8-9-19-10-14(17)11-20-16-6-7-16/h2-5,8-10,16,20H,6-7,11-12H2,1H3. The van der Waals surface area contributed by atoms with Gasteiger partial charge >= 0.3 is 0 Å². The summed E-state index contributed by atoms with van der Waals surface area (Å²) in [6.45, 7) is 1.75. The molecule has 1 saturated carbocycles. The first-order chi connectivity index (χ1) is 10.2. The van der Waals surface area contributed by atoms with E-state index in [0.717, 1.165) is 18.1 Å². The SMILES string of the molecule is CN(Cc1ccc(Cl)cc1)c1ccncc1CNC1CC1. The van der Waals surface area contributed by atoms with Gasteiger partial charge in [-0.2, -0.15) is 0 Å². The van der Waals surface area contributed by atoms with Gasteiger partial charge in [-0.25, -0.2) is 0 Å². The third-order valence-corrected chi connectivity index (χ3v) is 4.03. The highest BCUT2D eigenvalue weighted by atomic mass is 35.5. The lowest BCUT2D eigenvalue weighted by Crippen LogP contribution is -2.21. The largest absolute Gasteiger partial charge is 0.370 e. The third-order valence-electron chi connectivity index (χ3n) is 3.78. The summed E-state index contributed by atoms with van der Waals surface area (Å²) in [5, 5.41) is 4.33. The van der Waals surface area contributed by atoms with Gasteiger partial charge in [-0.3, -0.25) is 4.98 Å². The van der Waals surface area contributed by atoms with Crippen LogP contribution in [0, 0.1) is 0 Å². The van der Waals surface area contributed by atoms with Crippen LogP contribution in [0.3, 0.4) is 0 Å². The molecule has 1 heterocycles. The molecule has 1 N–H and O–H groups in total. The Morgan fingerprint density at radius 1 is 1.24 bits per heavy atom. The molecule has 0 radical (unpaired) electrons. The Labute approximate surface area is 131 Å². The van der Waals surface area contributed by atoms with Crippen molar-refractivity contribution in [1.82, 2.24) is 10.3 Å². The molecule has 0 amide bonds. The van der Waals surface area contributed by atoms with Gasteiger partial charge in [0, 0.05) is 54.8 Å². The van der Waals surface area contributed by atoms with E-state index in [1.807, 2.05) is 24.5 Å². The van der Waals surface area contributed by atoms with Crippen molar-refractivity contribution >= 4 is 17.3 Å². The van der Waals surface area contributed by atoms with Crippen molar-refractivity contribution in [3.63, 3.8) is 0 Å². The number of anilines is 1. The Morgan fingerprint density at radius 3 is 2.71 bits per heavy atom. The van der Waals surface area contributed by atoms with Crippen LogP contribution in [0.1, 0.15) is 24.0 Å². The molecule has 0 aliphatic heterocycles. The predicted octanol–water partition coefficient (Wildman–Crippen LogP) is 3.62.